The topological polar surface area (TPSA) is 38.3 Å². The average Bonchev–Trinajstić information content (AvgIpc) is 2.47. The second-order valence-electron chi connectivity index (χ2n) is 5.91. The molecule has 20 heavy (non-hydrogen) atoms. The van der Waals surface area contributed by atoms with E-state index in [-0.39, 0.29) is 17.4 Å². The first-order valence-corrected chi connectivity index (χ1v) is 7.64. The Morgan fingerprint density at radius 3 is 2.50 bits per heavy atom. The Balaban J connectivity index is 2.17. The molecule has 0 saturated heterocycles. The number of hydrogen-bond acceptors (Lipinski definition) is 3. The zero-order chi connectivity index (χ0) is 14.4. The predicted octanol–water partition coefficient (Wildman–Crippen LogP) is 4.00. The molecule has 0 amide bonds. The van der Waals surface area contributed by atoms with Crippen LogP contribution in [0.5, 0.6) is 0 Å². The number of anilines is 1. The minimum absolute atomic E-state index is 0.0135. The zero-order valence-electron chi connectivity index (χ0n) is 12.5. The summed E-state index contributed by atoms with van der Waals surface area (Å²) in [5.41, 5.74) is 0.970. The third-order valence-electron chi connectivity index (χ3n) is 4.30. The number of benzene rings is 1. The molecule has 0 aromatic heterocycles. The van der Waals surface area contributed by atoms with E-state index in [0.29, 0.717) is 6.61 Å². The fraction of sp³-hybridized carbons (Fsp3) is 0.588. The van der Waals surface area contributed by atoms with Gasteiger partial charge in [-0.2, -0.15) is 0 Å². The van der Waals surface area contributed by atoms with Crippen molar-refractivity contribution in [1.29, 1.82) is 0 Å². The molecule has 3 heteroatoms. The van der Waals surface area contributed by atoms with Crippen molar-refractivity contribution in [2.24, 2.45) is 5.41 Å². The number of ether oxygens (including phenoxy) is 1. The van der Waals surface area contributed by atoms with Gasteiger partial charge in [0, 0.05) is 5.69 Å². The van der Waals surface area contributed by atoms with Crippen molar-refractivity contribution in [2.75, 3.05) is 11.9 Å². The van der Waals surface area contributed by atoms with E-state index in [1.165, 1.54) is 19.3 Å². The molecule has 1 aliphatic carbocycles. The van der Waals surface area contributed by atoms with Crippen LogP contribution in [0, 0.1) is 5.41 Å². The van der Waals surface area contributed by atoms with Crippen LogP contribution in [0.1, 0.15) is 46.0 Å². The molecular weight excluding hydrogens is 250 g/mol. The number of nitrogens with one attached hydrogen (secondary N) is 1. The summed E-state index contributed by atoms with van der Waals surface area (Å²) in [7, 11) is 0. The molecule has 110 valence electrons. The van der Waals surface area contributed by atoms with Crippen LogP contribution in [-0.4, -0.2) is 18.6 Å². The highest BCUT2D eigenvalue weighted by Crippen LogP contribution is 2.40. The van der Waals surface area contributed by atoms with E-state index < -0.39 is 0 Å². The van der Waals surface area contributed by atoms with Gasteiger partial charge in [-0.15, -0.1) is 0 Å². The zero-order valence-corrected chi connectivity index (χ0v) is 12.5. The first-order valence-electron chi connectivity index (χ1n) is 7.64. The van der Waals surface area contributed by atoms with E-state index in [2.05, 4.69) is 12.2 Å². The molecule has 2 rings (SSSR count). The van der Waals surface area contributed by atoms with Gasteiger partial charge in [0.25, 0.3) is 0 Å². The van der Waals surface area contributed by atoms with Gasteiger partial charge in [-0.3, -0.25) is 0 Å². The van der Waals surface area contributed by atoms with E-state index in [1.54, 1.807) is 0 Å². The average molecular weight is 275 g/mol. The molecule has 1 aromatic carbocycles. The number of rotatable bonds is 5. The fourth-order valence-electron chi connectivity index (χ4n) is 3.09. The van der Waals surface area contributed by atoms with Crippen LogP contribution < -0.4 is 5.32 Å². The Labute approximate surface area is 121 Å². The van der Waals surface area contributed by atoms with Crippen LogP contribution in [0.4, 0.5) is 5.69 Å². The first kappa shape index (κ1) is 14.9. The maximum Gasteiger partial charge on any atom is 0.329 e. The van der Waals surface area contributed by atoms with Gasteiger partial charge in [0.05, 0.1) is 6.61 Å². The van der Waals surface area contributed by atoms with E-state index in [9.17, 15) is 4.79 Å². The standard InChI is InChI=1S/C17H25NO2/c1-3-20-16(19)15(17(2)12-8-5-9-13-17)18-14-10-6-4-7-11-14/h4,6-7,10-11,15,18H,3,5,8-9,12-13H2,1-2H3/t15-/m0/s1. The van der Waals surface area contributed by atoms with Gasteiger partial charge in [-0.05, 0) is 37.3 Å². The van der Waals surface area contributed by atoms with Gasteiger partial charge < -0.3 is 10.1 Å². The van der Waals surface area contributed by atoms with E-state index in [4.69, 9.17) is 4.74 Å². The lowest BCUT2D eigenvalue weighted by Gasteiger charge is -2.40. The van der Waals surface area contributed by atoms with Crippen molar-refractivity contribution in [3.8, 4) is 0 Å². The quantitative estimate of drug-likeness (QED) is 0.825. The lowest BCUT2D eigenvalue weighted by atomic mass is 9.70. The van der Waals surface area contributed by atoms with Crippen LogP contribution in [0.15, 0.2) is 30.3 Å². The van der Waals surface area contributed by atoms with Crippen molar-refractivity contribution in [3.63, 3.8) is 0 Å². The molecule has 1 aliphatic rings. The Morgan fingerprint density at radius 1 is 1.25 bits per heavy atom. The summed E-state index contributed by atoms with van der Waals surface area (Å²) >= 11 is 0. The van der Waals surface area contributed by atoms with Crippen LogP contribution >= 0.6 is 0 Å². The number of esters is 1. The summed E-state index contributed by atoms with van der Waals surface area (Å²) in [5.74, 6) is -0.124. The minimum Gasteiger partial charge on any atom is -0.464 e. The molecule has 1 fully saturated rings. The van der Waals surface area contributed by atoms with Crippen molar-refractivity contribution in [1.82, 2.24) is 0 Å². The van der Waals surface area contributed by atoms with E-state index in [1.807, 2.05) is 37.3 Å². The lowest BCUT2D eigenvalue weighted by molar-refractivity contribution is -0.147. The highest BCUT2D eigenvalue weighted by Gasteiger charge is 2.40. The number of carbonyl (C=O) groups excluding carboxylic acids is 1. The second-order valence-corrected chi connectivity index (χ2v) is 5.91. The second kappa shape index (κ2) is 6.78. The summed E-state index contributed by atoms with van der Waals surface area (Å²) in [6.07, 6.45) is 5.83. The third kappa shape index (κ3) is 3.53. The van der Waals surface area contributed by atoms with Crippen molar-refractivity contribution >= 4 is 11.7 Å². The number of hydrogen-bond donors (Lipinski definition) is 1. The lowest BCUT2D eigenvalue weighted by Crippen LogP contribution is -2.46. The Bertz CT molecular complexity index is 424. The molecule has 0 heterocycles. The predicted molar refractivity (Wildman–Crippen MR) is 81.7 cm³/mol. The maximum atomic E-state index is 12.4. The minimum atomic E-state index is -0.259. The van der Waals surface area contributed by atoms with Gasteiger partial charge in [-0.25, -0.2) is 4.79 Å². The Morgan fingerprint density at radius 2 is 1.90 bits per heavy atom. The molecule has 1 aromatic rings. The maximum absolute atomic E-state index is 12.4. The monoisotopic (exact) mass is 275 g/mol. The van der Waals surface area contributed by atoms with Crippen molar-refractivity contribution in [3.05, 3.63) is 30.3 Å². The largest absolute Gasteiger partial charge is 0.464 e. The number of para-hydroxylation sites is 1. The summed E-state index contributed by atoms with van der Waals surface area (Å²) < 4.78 is 5.29. The summed E-state index contributed by atoms with van der Waals surface area (Å²) in [6, 6.07) is 9.68. The molecule has 1 N–H and O–H groups in total. The summed E-state index contributed by atoms with van der Waals surface area (Å²) in [6.45, 7) is 4.51. The molecule has 1 atom stereocenters. The normalized spacial score (nSPS) is 19.1. The molecule has 0 radical (unpaired) electrons. The highest BCUT2D eigenvalue weighted by molar-refractivity contribution is 5.80. The third-order valence-corrected chi connectivity index (χ3v) is 4.30. The van der Waals surface area contributed by atoms with Crippen LogP contribution in [0.2, 0.25) is 0 Å². The molecule has 0 bridgehead atoms. The van der Waals surface area contributed by atoms with Gasteiger partial charge in [0.1, 0.15) is 6.04 Å². The van der Waals surface area contributed by atoms with Crippen molar-refractivity contribution < 1.29 is 9.53 Å². The molecule has 3 nitrogen and oxygen atoms in total. The number of carbonyl (C=O) groups is 1. The van der Waals surface area contributed by atoms with E-state index in [0.717, 1.165) is 18.5 Å². The summed E-state index contributed by atoms with van der Waals surface area (Å²) in [4.78, 5) is 12.4. The SMILES string of the molecule is CCOC(=O)[C@H](Nc1ccccc1)C1(C)CCCCC1. The fourth-order valence-corrected chi connectivity index (χ4v) is 3.09. The summed E-state index contributed by atoms with van der Waals surface area (Å²) in [5, 5.41) is 3.40. The van der Waals surface area contributed by atoms with Crippen LogP contribution in [0.3, 0.4) is 0 Å². The Kier molecular flexibility index (Phi) is 5.05. The van der Waals surface area contributed by atoms with Gasteiger partial charge >= 0.3 is 5.97 Å². The van der Waals surface area contributed by atoms with Crippen LogP contribution in [-0.2, 0) is 9.53 Å². The Hall–Kier alpha value is -1.51. The van der Waals surface area contributed by atoms with E-state index >= 15 is 0 Å². The van der Waals surface area contributed by atoms with Crippen LogP contribution in [0.25, 0.3) is 0 Å². The smallest absolute Gasteiger partial charge is 0.329 e. The van der Waals surface area contributed by atoms with Gasteiger partial charge in [-0.1, -0.05) is 44.4 Å². The molecule has 0 unspecified atom stereocenters. The van der Waals surface area contributed by atoms with Gasteiger partial charge in [0.15, 0.2) is 0 Å². The molecule has 0 aliphatic heterocycles. The highest BCUT2D eigenvalue weighted by atomic mass is 16.5. The van der Waals surface area contributed by atoms with Gasteiger partial charge in [0.2, 0.25) is 0 Å². The molecular formula is C17H25NO2. The first-order chi connectivity index (χ1) is 9.65. The van der Waals surface area contributed by atoms with Crippen molar-refractivity contribution in [2.45, 2.75) is 52.0 Å². The molecule has 0 spiro atoms. The molecule has 1 saturated carbocycles.